The lowest BCUT2D eigenvalue weighted by Gasteiger charge is -2.29. The Morgan fingerprint density at radius 1 is 1.00 bits per heavy atom. The van der Waals surface area contributed by atoms with Crippen LogP contribution in [0, 0.1) is 0 Å². The van der Waals surface area contributed by atoms with Crippen LogP contribution in [0.1, 0.15) is 30.0 Å². The Balaban J connectivity index is 1.88. The highest BCUT2D eigenvalue weighted by Gasteiger charge is 2.28. The van der Waals surface area contributed by atoms with E-state index >= 15 is 0 Å². The Bertz CT molecular complexity index is 813. The zero-order valence-electron chi connectivity index (χ0n) is 12.9. The second kappa shape index (κ2) is 5.97. The average molecular weight is 305 g/mol. The van der Waals surface area contributed by atoms with Crippen molar-refractivity contribution in [3.05, 3.63) is 66.1 Å². The molecule has 1 fully saturated rings. The molecule has 0 aliphatic carbocycles. The normalized spacial score (nSPS) is 16.7. The topological polar surface area (TPSA) is 49.3 Å². The predicted molar refractivity (Wildman–Crippen MR) is 90.3 cm³/mol. The summed E-state index contributed by atoms with van der Waals surface area (Å²) in [6, 6.07) is 12.0. The number of rotatable bonds is 3. The van der Waals surface area contributed by atoms with E-state index in [4.69, 9.17) is 0 Å². The van der Waals surface area contributed by atoms with Gasteiger partial charge in [-0.15, -0.1) is 0 Å². The maximum absolute atomic E-state index is 10.8. The van der Waals surface area contributed by atoms with E-state index in [0.717, 1.165) is 29.6 Å². The van der Waals surface area contributed by atoms with Crippen LogP contribution in [0.15, 0.2) is 55.0 Å². The van der Waals surface area contributed by atoms with Crippen LogP contribution in [0.25, 0.3) is 10.9 Å². The fraction of sp³-hybridized carbons (Fsp3) is 0.263. The molecule has 4 rings (SSSR count). The van der Waals surface area contributed by atoms with Gasteiger partial charge in [0.05, 0.1) is 6.04 Å². The van der Waals surface area contributed by atoms with Gasteiger partial charge in [-0.1, -0.05) is 24.3 Å². The van der Waals surface area contributed by atoms with Gasteiger partial charge in [-0.3, -0.25) is 14.9 Å². The van der Waals surface area contributed by atoms with Gasteiger partial charge in [-0.2, -0.15) is 0 Å². The maximum Gasteiger partial charge on any atom is 0.146 e. The van der Waals surface area contributed by atoms with Gasteiger partial charge in [0.2, 0.25) is 0 Å². The minimum absolute atomic E-state index is 0.0256. The van der Waals surface area contributed by atoms with Crippen LogP contribution >= 0.6 is 0 Å². The Morgan fingerprint density at radius 3 is 2.61 bits per heavy atom. The van der Waals surface area contributed by atoms with Crippen molar-refractivity contribution in [3.63, 3.8) is 0 Å². The van der Waals surface area contributed by atoms with Crippen molar-refractivity contribution in [2.75, 3.05) is 13.1 Å². The first-order valence-electron chi connectivity index (χ1n) is 8.05. The molecule has 1 aliphatic heterocycles. The number of nitrogens with zero attached hydrogens (tertiary/aromatic N) is 3. The van der Waals surface area contributed by atoms with E-state index in [-0.39, 0.29) is 11.8 Å². The minimum atomic E-state index is 0.0256. The molecule has 0 bridgehead atoms. The van der Waals surface area contributed by atoms with Crippen molar-refractivity contribution < 1.29 is 5.11 Å². The Morgan fingerprint density at radius 2 is 1.83 bits per heavy atom. The zero-order valence-corrected chi connectivity index (χ0v) is 12.9. The lowest BCUT2D eigenvalue weighted by atomic mass is 9.96. The smallest absolute Gasteiger partial charge is 0.146 e. The van der Waals surface area contributed by atoms with E-state index < -0.39 is 0 Å². The van der Waals surface area contributed by atoms with Gasteiger partial charge in [0.1, 0.15) is 11.3 Å². The third-order valence-electron chi connectivity index (χ3n) is 4.58. The summed E-state index contributed by atoms with van der Waals surface area (Å²) in [7, 11) is 0. The lowest BCUT2D eigenvalue weighted by molar-refractivity contribution is 0.275. The summed E-state index contributed by atoms with van der Waals surface area (Å²) in [5, 5.41) is 11.8. The van der Waals surface area contributed by atoms with E-state index in [2.05, 4.69) is 20.9 Å². The molecule has 0 radical (unpaired) electrons. The highest BCUT2D eigenvalue weighted by atomic mass is 16.3. The molecule has 2 aromatic heterocycles. The maximum atomic E-state index is 10.8. The number of pyridine rings is 2. The highest BCUT2D eigenvalue weighted by molar-refractivity contribution is 5.85. The molecule has 1 N–H and O–H groups in total. The van der Waals surface area contributed by atoms with Gasteiger partial charge in [0, 0.05) is 29.5 Å². The van der Waals surface area contributed by atoms with Crippen LogP contribution in [0.3, 0.4) is 0 Å². The van der Waals surface area contributed by atoms with Gasteiger partial charge >= 0.3 is 0 Å². The highest BCUT2D eigenvalue weighted by Crippen LogP contribution is 2.38. The summed E-state index contributed by atoms with van der Waals surface area (Å²) in [5.74, 6) is 0.281. The van der Waals surface area contributed by atoms with Gasteiger partial charge in [-0.05, 0) is 43.6 Å². The molecule has 3 heterocycles. The second-order valence-corrected chi connectivity index (χ2v) is 6.01. The molecule has 0 amide bonds. The van der Waals surface area contributed by atoms with E-state index in [9.17, 15) is 5.11 Å². The number of benzene rings is 1. The zero-order chi connectivity index (χ0) is 15.6. The molecular weight excluding hydrogens is 286 g/mol. The Kier molecular flexibility index (Phi) is 3.67. The molecule has 116 valence electrons. The molecule has 4 heteroatoms. The van der Waals surface area contributed by atoms with Crippen LogP contribution < -0.4 is 0 Å². The Labute approximate surface area is 135 Å². The van der Waals surface area contributed by atoms with E-state index in [0.29, 0.717) is 5.52 Å². The van der Waals surface area contributed by atoms with Crippen LogP contribution in [-0.4, -0.2) is 33.1 Å². The number of phenols is 1. The monoisotopic (exact) mass is 305 g/mol. The van der Waals surface area contributed by atoms with Crippen molar-refractivity contribution in [3.8, 4) is 5.75 Å². The van der Waals surface area contributed by atoms with Crippen molar-refractivity contribution >= 4 is 10.9 Å². The van der Waals surface area contributed by atoms with E-state index in [1.54, 1.807) is 12.4 Å². The van der Waals surface area contributed by atoms with E-state index in [1.807, 2.05) is 36.5 Å². The summed E-state index contributed by atoms with van der Waals surface area (Å²) in [5.41, 5.74) is 2.68. The second-order valence-electron chi connectivity index (χ2n) is 6.01. The number of fused-ring (bicyclic) bond motifs is 1. The third kappa shape index (κ3) is 2.55. The van der Waals surface area contributed by atoms with E-state index in [1.165, 1.54) is 12.8 Å². The number of hydrogen-bond donors (Lipinski definition) is 1. The largest absolute Gasteiger partial charge is 0.505 e. The van der Waals surface area contributed by atoms with Gasteiger partial charge < -0.3 is 5.11 Å². The van der Waals surface area contributed by atoms with Crippen molar-refractivity contribution in [1.29, 1.82) is 0 Å². The standard InChI is InChI=1S/C19H19N3O/c23-19-16(8-7-14-5-4-10-21-17(14)19)18(22-11-1-2-12-22)15-6-3-9-20-13-15/h3-10,13,18,23H,1-2,11-12H2/t18-/m0/s1. The number of aromatic hydroxyl groups is 1. The molecule has 1 saturated heterocycles. The van der Waals surface area contributed by atoms with Crippen molar-refractivity contribution in [1.82, 2.24) is 14.9 Å². The van der Waals surface area contributed by atoms with Crippen molar-refractivity contribution in [2.24, 2.45) is 0 Å². The summed E-state index contributed by atoms with van der Waals surface area (Å²) in [6.07, 6.45) is 7.80. The average Bonchev–Trinajstić information content (AvgIpc) is 3.13. The van der Waals surface area contributed by atoms with Gasteiger partial charge in [0.25, 0.3) is 0 Å². The fourth-order valence-corrected chi connectivity index (χ4v) is 3.49. The molecule has 1 atom stereocenters. The van der Waals surface area contributed by atoms with Gasteiger partial charge in [-0.25, -0.2) is 0 Å². The van der Waals surface area contributed by atoms with Crippen LogP contribution in [0.4, 0.5) is 0 Å². The first-order chi connectivity index (χ1) is 11.3. The molecule has 1 aromatic carbocycles. The summed E-state index contributed by atoms with van der Waals surface area (Å²) >= 11 is 0. The minimum Gasteiger partial charge on any atom is -0.505 e. The van der Waals surface area contributed by atoms with Crippen LogP contribution in [0.2, 0.25) is 0 Å². The molecule has 23 heavy (non-hydrogen) atoms. The quantitative estimate of drug-likeness (QED) is 0.804. The summed E-state index contributed by atoms with van der Waals surface area (Å²) in [4.78, 5) is 11.0. The molecule has 4 nitrogen and oxygen atoms in total. The van der Waals surface area contributed by atoms with Crippen LogP contribution in [-0.2, 0) is 0 Å². The SMILES string of the molecule is Oc1c([C@H](c2cccnc2)N2CCCC2)ccc2cccnc12. The first-order valence-corrected chi connectivity index (χ1v) is 8.05. The molecule has 3 aromatic rings. The number of aromatic nitrogens is 2. The lowest BCUT2D eigenvalue weighted by Crippen LogP contribution is -2.26. The first kappa shape index (κ1) is 14.2. The number of likely N-dealkylation sites (tertiary alicyclic amines) is 1. The molecular formula is C19H19N3O. The van der Waals surface area contributed by atoms with Gasteiger partial charge in [0.15, 0.2) is 0 Å². The molecule has 0 saturated carbocycles. The van der Waals surface area contributed by atoms with Crippen LogP contribution in [0.5, 0.6) is 5.75 Å². The third-order valence-corrected chi connectivity index (χ3v) is 4.58. The predicted octanol–water partition coefficient (Wildman–Crippen LogP) is 3.52. The fourth-order valence-electron chi connectivity index (χ4n) is 3.49. The number of hydrogen-bond acceptors (Lipinski definition) is 4. The number of phenolic OH excluding ortho intramolecular Hbond substituents is 1. The van der Waals surface area contributed by atoms with Crippen molar-refractivity contribution in [2.45, 2.75) is 18.9 Å². The molecule has 0 spiro atoms. The molecule has 1 aliphatic rings. The molecule has 0 unspecified atom stereocenters. The Hall–Kier alpha value is -2.46. The summed E-state index contributed by atoms with van der Waals surface area (Å²) < 4.78 is 0. The summed E-state index contributed by atoms with van der Waals surface area (Å²) in [6.45, 7) is 2.08.